The van der Waals surface area contributed by atoms with E-state index in [4.69, 9.17) is 20.0 Å². The first-order valence-corrected chi connectivity index (χ1v) is 29.7. The Hall–Kier alpha value is -6.25. The molecule has 1 saturated carbocycles. The van der Waals surface area contributed by atoms with Crippen LogP contribution in [0, 0.1) is 24.7 Å². The Morgan fingerprint density at radius 2 is 1.63 bits per heavy atom. The molecule has 1 aliphatic carbocycles. The summed E-state index contributed by atoms with van der Waals surface area (Å²) in [4.78, 5) is 47.7. The number of nitrogens with zero attached hydrogens (tertiary/aromatic N) is 10. The zero-order chi connectivity index (χ0) is 54.9. The first-order chi connectivity index (χ1) is 38.2. The zero-order valence-electron chi connectivity index (χ0n) is 46.4. The zero-order valence-corrected chi connectivity index (χ0v) is 47.2. The van der Waals surface area contributed by atoms with Crippen LogP contribution in [-0.2, 0) is 14.3 Å². The Morgan fingerprint density at radius 3 is 2.34 bits per heavy atom. The van der Waals surface area contributed by atoms with E-state index in [0.29, 0.717) is 64.5 Å². The van der Waals surface area contributed by atoms with Gasteiger partial charge in [-0.2, -0.15) is 0 Å². The van der Waals surface area contributed by atoms with Gasteiger partial charge in [-0.15, -0.1) is 21.5 Å². The molecule has 19 heteroatoms. The molecule has 0 radical (unpaired) electrons. The maximum atomic E-state index is 14.4. The monoisotopic (exact) mass is 1090 g/mol. The first-order valence-electron chi connectivity index (χ1n) is 28.8. The van der Waals surface area contributed by atoms with Crippen molar-refractivity contribution in [3.63, 3.8) is 0 Å². The Balaban J connectivity index is 0.586. The number of likely N-dealkylation sites (tertiary alicyclic amines) is 3. The molecule has 79 heavy (non-hydrogen) atoms. The van der Waals surface area contributed by atoms with Gasteiger partial charge in [0.15, 0.2) is 17.4 Å². The fourth-order valence-corrected chi connectivity index (χ4v) is 13.8. The lowest BCUT2D eigenvalue weighted by Gasteiger charge is -2.47. The van der Waals surface area contributed by atoms with Crippen LogP contribution in [0.4, 0.5) is 11.6 Å². The molecular formula is C60H78N12O6S. The van der Waals surface area contributed by atoms with Gasteiger partial charge in [-0.3, -0.25) is 9.59 Å². The molecule has 0 bridgehead atoms. The van der Waals surface area contributed by atoms with Crippen molar-refractivity contribution in [2.75, 3.05) is 63.0 Å². The van der Waals surface area contributed by atoms with E-state index in [9.17, 15) is 19.8 Å². The highest BCUT2D eigenvalue weighted by Gasteiger charge is 2.44. The van der Waals surface area contributed by atoms with Crippen molar-refractivity contribution in [3.8, 4) is 33.1 Å². The van der Waals surface area contributed by atoms with Crippen LogP contribution < -0.4 is 16.0 Å². The summed E-state index contributed by atoms with van der Waals surface area (Å²) in [7, 11) is 0. The maximum absolute atomic E-state index is 14.4. The maximum Gasteiger partial charge on any atom is 0.243 e. The average molecular weight is 1100 g/mol. The molecule has 6 aromatic rings. The van der Waals surface area contributed by atoms with Crippen LogP contribution in [-0.4, -0.2) is 149 Å². The third-order valence-electron chi connectivity index (χ3n) is 18.0. The van der Waals surface area contributed by atoms with E-state index in [-0.39, 0.29) is 42.5 Å². The van der Waals surface area contributed by atoms with Crippen molar-refractivity contribution in [3.05, 3.63) is 101 Å². The molecule has 420 valence electrons. The molecule has 5 atom stereocenters. The fourth-order valence-electron chi connectivity index (χ4n) is 13.0. The van der Waals surface area contributed by atoms with Crippen LogP contribution in [0.5, 0.6) is 5.75 Å². The minimum Gasteiger partial charge on any atom is -0.507 e. The number of aryl methyl sites for hydroxylation is 1. The van der Waals surface area contributed by atoms with Gasteiger partial charge in [-0.1, -0.05) is 62.3 Å². The van der Waals surface area contributed by atoms with Crippen molar-refractivity contribution < 1.29 is 29.1 Å². The summed E-state index contributed by atoms with van der Waals surface area (Å²) >= 11 is 1.60. The van der Waals surface area contributed by atoms with Crippen molar-refractivity contribution in [1.29, 1.82) is 0 Å². The van der Waals surface area contributed by atoms with E-state index < -0.39 is 18.1 Å². The SMILES string of the molecule is Cc1ncsc1-c1ccc([C@H](C)NC(=O)[C@@H]2C[C@@H](O)CN2C(=O)[C@@H](c2cc(N3CCC(CN4CCC(O[C@H]5C[C@H](N6CCC(C(C)c7cn(-c8cc(-c9ccccc9O)nnc8N)cn7)CC6)C5)CC4)CC3)no2)C(C)C)cc1. The van der Waals surface area contributed by atoms with Crippen LogP contribution in [0.15, 0.2) is 83.2 Å². The van der Waals surface area contributed by atoms with E-state index in [0.717, 1.165) is 130 Å². The minimum atomic E-state index is -0.797. The molecule has 4 aliphatic heterocycles. The van der Waals surface area contributed by atoms with E-state index in [1.165, 1.54) is 0 Å². The molecular weight excluding hydrogens is 1020 g/mol. The second kappa shape index (κ2) is 23.8. The third kappa shape index (κ3) is 12.1. The third-order valence-corrected chi connectivity index (χ3v) is 18.9. The summed E-state index contributed by atoms with van der Waals surface area (Å²) in [5.41, 5.74) is 14.0. The predicted molar refractivity (Wildman–Crippen MR) is 305 cm³/mol. The van der Waals surface area contributed by atoms with Crippen LogP contribution in [0.3, 0.4) is 0 Å². The number of piperidine rings is 3. The lowest BCUT2D eigenvalue weighted by atomic mass is 9.81. The summed E-state index contributed by atoms with van der Waals surface area (Å²) in [5, 5.41) is 37.2. The van der Waals surface area contributed by atoms with Gasteiger partial charge in [0.1, 0.15) is 17.7 Å². The number of aromatic nitrogens is 6. The lowest BCUT2D eigenvalue weighted by Crippen LogP contribution is -2.52. The number of imidazole rings is 1. The number of carbonyl (C=O) groups excluding carboxylic acids is 2. The number of hydrogen-bond acceptors (Lipinski definition) is 16. The van der Waals surface area contributed by atoms with Crippen molar-refractivity contribution in [2.24, 2.45) is 17.8 Å². The van der Waals surface area contributed by atoms with E-state index in [1.54, 1.807) is 34.7 Å². The number of anilines is 2. The summed E-state index contributed by atoms with van der Waals surface area (Å²) in [6.07, 6.45) is 12.8. The number of nitrogens with one attached hydrogen (secondary N) is 1. The number of rotatable bonds is 17. The summed E-state index contributed by atoms with van der Waals surface area (Å²) in [6, 6.07) is 18.5. The average Bonchev–Trinajstić information content (AvgIpc) is 4.36. The second-order valence-corrected chi connectivity index (χ2v) is 24.4. The second-order valence-electron chi connectivity index (χ2n) is 23.5. The summed E-state index contributed by atoms with van der Waals surface area (Å²) in [5.74, 6) is 1.90. The Labute approximate surface area is 467 Å². The van der Waals surface area contributed by atoms with Crippen LogP contribution in [0.1, 0.15) is 126 Å². The van der Waals surface area contributed by atoms with Gasteiger partial charge in [0.2, 0.25) is 11.8 Å². The number of ether oxygens (including phenoxy) is 1. The van der Waals surface area contributed by atoms with Crippen molar-refractivity contribution in [1.82, 2.24) is 49.9 Å². The lowest BCUT2D eigenvalue weighted by molar-refractivity contribution is -0.141. The Morgan fingerprint density at radius 1 is 0.886 bits per heavy atom. The van der Waals surface area contributed by atoms with Crippen molar-refractivity contribution in [2.45, 2.75) is 141 Å². The van der Waals surface area contributed by atoms with E-state index in [2.05, 4.69) is 53.5 Å². The number of β-amino-alcohol motifs (C(OH)–C–C–N with tert-alkyl or cyclic N) is 1. The van der Waals surface area contributed by atoms with Crippen molar-refractivity contribution >= 4 is 34.8 Å². The molecule has 8 heterocycles. The van der Waals surface area contributed by atoms with Crippen LogP contribution >= 0.6 is 11.3 Å². The molecule has 2 aromatic carbocycles. The number of hydrogen-bond donors (Lipinski definition) is 4. The highest BCUT2D eigenvalue weighted by atomic mass is 32.1. The standard InChI is InChI=1S/C60H78N12O6S/c1-36(2)56(60(76)72-32-45(73)28-52(72)59(75)64-38(4)42-10-12-43(13-11-42)57-39(5)63-35-79-57)54-30-55(67-78-54)70-22-14-40(15-23-70)31-68-20-18-46(19-21-68)77-47-26-44(27-47)69-24-16-41(17-25-69)37(3)50-33-71(34-62-50)51-29-49(65-66-58(51)61)48-8-6-7-9-53(48)74/h6-13,29-30,33-38,40-41,44-47,52,56,73-74H,14-28,31-32H2,1-5H3,(H2,61,66)(H,64,75)/t37?,38-,44-,45+,47-,52-,56+/m0/s1. The van der Waals surface area contributed by atoms with Gasteiger partial charge < -0.3 is 54.7 Å². The molecule has 5 fully saturated rings. The quantitative estimate of drug-likeness (QED) is 0.0675. The van der Waals surface area contributed by atoms with Gasteiger partial charge in [-0.05, 0) is 125 Å². The Kier molecular flexibility index (Phi) is 16.5. The number of thiazole rings is 1. The molecule has 1 unspecified atom stereocenters. The molecule has 18 nitrogen and oxygen atoms in total. The normalized spacial score (nSPS) is 23.2. The largest absolute Gasteiger partial charge is 0.507 e. The number of aliphatic hydroxyl groups is 1. The van der Waals surface area contributed by atoms with Crippen LogP contribution in [0.25, 0.3) is 27.4 Å². The number of nitrogen functional groups attached to an aromatic ring is 1. The first kappa shape index (κ1) is 54.7. The number of benzene rings is 2. The molecule has 5 aliphatic rings. The number of phenols is 1. The number of aliphatic hydroxyl groups excluding tert-OH is 1. The summed E-state index contributed by atoms with van der Waals surface area (Å²) in [6.45, 7) is 17.5. The highest BCUT2D eigenvalue weighted by molar-refractivity contribution is 7.13. The molecule has 2 amide bonds. The fraction of sp³-hybridized carbons (Fsp3) is 0.550. The van der Waals surface area contributed by atoms with Gasteiger partial charge in [0, 0.05) is 75.5 Å². The Bertz CT molecular complexity index is 3020. The van der Waals surface area contributed by atoms with E-state index in [1.807, 2.05) is 86.3 Å². The number of amides is 2. The minimum absolute atomic E-state index is 0.0904. The number of carbonyl (C=O) groups is 2. The van der Waals surface area contributed by atoms with Gasteiger partial charge in [0.05, 0.1) is 63.8 Å². The number of nitrogens with two attached hydrogens (primary N) is 1. The molecule has 0 spiro atoms. The summed E-state index contributed by atoms with van der Waals surface area (Å²) < 4.78 is 14.6. The van der Waals surface area contributed by atoms with Gasteiger partial charge in [-0.25, -0.2) is 9.97 Å². The predicted octanol–water partition coefficient (Wildman–Crippen LogP) is 8.36. The molecule has 5 N–H and O–H groups in total. The molecule has 4 saturated heterocycles. The smallest absolute Gasteiger partial charge is 0.243 e. The topological polar surface area (TPSA) is 217 Å². The number of para-hydroxylation sites is 1. The number of aromatic hydroxyl groups is 1. The van der Waals surface area contributed by atoms with Gasteiger partial charge >= 0.3 is 0 Å². The number of phenolic OH excluding ortho intramolecular Hbond substituents is 1. The molecule has 11 rings (SSSR count). The van der Waals surface area contributed by atoms with Gasteiger partial charge in [0.25, 0.3) is 0 Å². The molecule has 4 aromatic heterocycles. The highest BCUT2D eigenvalue weighted by Crippen LogP contribution is 2.39. The van der Waals surface area contributed by atoms with Crippen LogP contribution in [0.2, 0.25) is 0 Å². The van der Waals surface area contributed by atoms with E-state index >= 15 is 0 Å².